The van der Waals surface area contributed by atoms with E-state index >= 15 is 0 Å². The second-order valence-corrected chi connectivity index (χ2v) is 4.12. The van der Waals surface area contributed by atoms with Crippen LogP contribution in [0.15, 0.2) is 18.2 Å². The van der Waals surface area contributed by atoms with Crippen molar-refractivity contribution in [2.45, 2.75) is 39.7 Å². The molecule has 1 aliphatic rings. The predicted octanol–water partition coefficient (Wildman–Crippen LogP) is 3.57. The van der Waals surface area contributed by atoms with Crippen molar-refractivity contribution >= 4 is 17.5 Å². The molecule has 0 aromatic heterocycles. The minimum atomic E-state index is 0.00673. The Balaban J connectivity index is 0.000000606. The van der Waals surface area contributed by atoms with Gasteiger partial charge in [-0.3, -0.25) is 4.79 Å². The molecule has 0 atom stereocenters. The van der Waals surface area contributed by atoms with Gasteiger partial charge in [0, 0.05) is 16.6 Å². The number of nitrogens with one attached hydrogen (secondary N) is 1. The summed E-state index contributed by atoms with van der Waals surface area (Å²) in [7, 11) is 0. The van der Waals surface area contributed by atoms with E-state index in [0.717, 1.165) is 18.4 Å². The number of carbonyl (C=O) groups is 1. The van der Waals surface area contributed by atoms with E-state index < -0.39 is 0 Å². The number of hydrogen-bond acceptors (Lipinski definition) is 1. The first-order chi connectivity index (χ1) is 7.66. The molecule has 1 aromatic rings. The predicted molar refractivity (Wildman–Crippen MR) is 68.0 cm³/mol. The molecule has 1 amide bonds. The van der Waals surface area contributed by atoms with Gasteiger partial charge in [-0.25, -0.2) is 0 Å². The molecular formula is C13H18ClNO. The Kier molecular flexibility index (Phi) is 4.81. The zero-order chi connectivity index (χ0) is 12.1. The molecule has 0 heterocycles. The standard InChI is InChI=1S/C11H12ClNO.C2H6/c1-7-6-8(2-5-10(7)12)11(14)13-9-3-4-9;1-2/h2,5-6,9H,3-4H2,1H3,(H,13,14);1-2H3. The van der Waals surface area contributed by atoms with Crippen LogP contribution in [0.3, 0.4) is 0 Å². The highest BCUT2D eigenvalue weighted by Gasteiger charge is 2.23. The molecule has 2 nitrogen and oxygen atoms in total. The molecule has 88 valence electrons. The smallest absolute Gasteiger partial charge is 0.251 e. The number of amides is 1. The van der Waals surface area contributed by atoms with Gasteiger partial charge in [-0.2, -0.15) is 0 Å². The zero-order valence-electron chi connectivity index (χ0n) is 10.0. The van der Waals surface area contributed by atoms with Gasteiger partial charge in [-0.1, -0.05) is 25.4 Å². The van der Waals surface area contributed by atoms with E-state index in [2.05, 4.69) is 5.32 Å². The molecule has 1 fully saturated rings. The van der Waals surface area contributed by atoms with Crippen LogP contribution in [0.1, 0.15) is 42.6 Å². The summed E-state index contributed by atoms with van der Waals surface area (Å²) >= 11 is 5.87. The molecule has 0 aliphatic heterocycles. The van der Waals surface area contributed by atoms with Crippen LogP contribution in [0.2, 0.25) is 5.02 Å². The fraction of sp³-hybridized carbons (Fsp3) is 0.462. The maximum absolute atomic E-state index is 11.6. The van der Waals surface area contributed by atoms with Crippen molar-refractivity contribution < 1.29 is 4.79 Å². The molecular weight excluding hydrogens is 222 g/mol. The minimum Gasteiger partial charge on any atom is -0.349 e. The summed E-state index contributed by atoms with van der Waals surface area (Å²) in [6.07, 6.45) is 2.22. The molecule has 16 heavy (non-hydrogen) atoms. The largest absolute Gasteiger partial charge is 0.349 e. The number of rotatable bonds is 2. The van der Waals surface area contributed by atoms with E-state index in [1.807, 2.05) is 26.8 Å². The first-order valence-electron chi connectivity index (χ1n) is 5.74. The molecule has 1 aromatic carbocycles. The molecule has 1 saturated carbocycles. The lowest BCUT2D eigenvalue weighted by atomic mass is 10.1. The molecule has 0 radical (unpaired) electrons. The number of aryl methyl sites for hydroxylation is 1. The Morgan fingerprint density at radius 3 is 2.50 bits per heavy atom. The highest BCUT2D eigenvalue weighted by molar-refractivity contribution is 6.31. The normalized spacial score (nSPS) is 13.8. The molecule has 1 N–H and O–H groups in total. The van der Waals surface area contributed by atoms with Gasteiger partial charge in [-0.15, -0.1) is 0 Å². The van der Waals surface area contributed by atoms with E-state index in [-0.39, 0.29) is 5.91 Å². The average Bonchev–Trinajstić information content (AvgIpc) is 3.09. The second kappa shape index (κ2) is 5.90. The zero-order valence-corrected chi connectivity index (χ0v) is 10.8. The van der Waals surface area contributed by atoms with Crippen molar-refractivity contribution in [3.05, 3.63) is 34.3 Å². The summed E-state index contributed by atoms with van der Waals surface area (Å²) in [5, 5.41) is 3.64. The Morgan fingerprint density at radius 2 is 2.00 bits per heavy atom. The Labute approximate surface area is 102 Å². The summed E-state index contributed by atoms with van der Waals surface area (Å²) in [6, 6.07) is 5.74. The third kappa shape index (κ3) is 3.53. The summed E-state index contributed by atoms with van der Waals surface area (Å²) in [6.45, 7) is 5.90. The van der Waals surface area contributed by atoms with Crippen molar-refractivity contribution in [1.82, 2.24) is 5.32 Å². The highest BCUT2D eigenvalue weighted by atomic mass is 35.5. The molecule has 0 unspecified atom stereocenters. The molecule has 0 saturated heterocycles. The highest BCUT2D eigenvalue weighted by Crippen LogP contribution is 2.20. The van der Waals surface area contributed by atoms with Gasteiger partial charge in [0.05, 0.1) is 0 Å². The number of carbonyl (C=O) groups excluding carboxylic acids is 1. The second-order valence-electron chi connectivity index (χ2n) is 3.71. The van der Waals surface area contributed by atoms with Crippen LogP contribution in [0.4, 0.5) is 0 Å². The van der Waals surface area contributed by atoms with Crippen LogP contribution in [-0.4, -0.2) is 11.9 Å². The number of hydrogen-bond donors (Lipinski definition) is 1. The van der Waals surface area contributed by atoms with Crippen LogP contribution in [0.25, 0.3) is 0 Å². The molecule has 2 rings (SSSR count). The lowest BCUT2D eigenvalue weighted by Crippen LogP contribution is -2.25. The van der Waals surface area contributed by atoms with E-state index in [4.69, 9.17) is 11.6 Å². The fourth-order valence-corrected chi connectivity index (χ4v) is 1.40. The van der Waals surface area contributed by atoms with Crippen LogP contribution >= 0.6 is 11.6 Å². The van der Waals surface area contributed by atoms with Crippen LogP contribution in [0, 0.1) is 6.92 Å². The Morgan fingerprint density at radius 1 is 1.38 bits per heavy atom. The van der Waals surface area contributed by atoms with Gasteiger partial charge in [0.25, 0.3) is 5.91 Å². The molecule has 3 heteroatoms. The van der Waals surface area contributed by atoms with Gasteiger partial charge in [-0.05, 0) is 43.5 Å². The summed E-state index contributed by atoms with van der Waals surface area (Å²) in [5.74, 6) is 0.00673. The van der Waals surface area contributed by atoms with Crippen molar-refractivity contribution in [3.63, 3.8) is 0 Å². The summed E-state index contributed by atoms with van der Waals surface area (Å²) in [5.41, 5.74) is 1.63. The van der Waals surface area contributed by atoms with Crippen molar-refractivity contribution in [2.24, 2.45) is 0 Å². The third-order valence-electron chi connectivity index (χ3n) is 2.33. The van der Waals surface area contributed by atoms with Crippen LogP contribution in [-0.2, 0) is 0 Å². The maximum atomic E-state index is 11.6. The minimum absolute atomic E-state index is 0.00673. The van der Waals surface area contributed by atoms with Crippen molar-refractivity contribution in [3.8, 4) is 0 Å². The van der Waals surface area contributed by atoms with Gasteiger partial charge in [0.2, 0.25) is 0 Å². The monoisotopic (exact) mass is 239 g/mol. The average molecular weight is 240 g/mol. The van der Waals surface area contributed by atoms with Crippen molar-refractivity contribution in [2.75, 3.05) is 0 Å². The first kappa shape index (κ1) is 13.0. The topological polar surface area (TPSA) is 29.1 Å². The van der Waals surface area contributed by atoms with Gasteiger partial charge in [0.1, 0.15) is 0 Å². The summed E-state index contributed by atoms with van der Waals surface area (Å²) < 4.78 is 0. The maximum Gasteiger partial charge on any atom is 0.251 e. The number of benzene rings is 1. The van der Waals surface area contributed by atoms with Gasteiger partial charge >= 0.3 is 0 Å². The summed E-state index contributed by atoms with van der Waals surface area (Å²) in [4.78, 5) is 11.6. The van der Waals surface area contributed by atoms with Crippen LogP contribution < -0.4 is 5.32 Å². The lowest BCUT2D eigenvalue weighted by Gasteiger charge is -2.04. The quantitative estimate of drug-likeness (QED) is 0.840. The third-order valence-corrected chi connectivity index (χ3v) is 2.76. The molecule has 0 bridgehead atoms. The van der Waals surface area contributed by atoms with E-state index in [9.17, 15) is 4.79 Å². The first-order valence-corrected chi connectivity index (χ1v) is 6.11. The molecule has 1 aliphatic carbocycles. The fourth-order valence-electron chi connectivity index (χ4n) is 1.28. The Hall–Kier alpha value is -1.02. The Bertz CT molecular complexity index is 372. The van der Waals surface area contributed by atoms with Crippen LogP contribution in [0.5, 0.6) is 0 Å². The van der Waals surface area contributed by atoms with Crippen molar-refractivity contribution in [1.29, 1.82) is 0 Å². The lowest BCUT2D eigenvalue weighted by molar-refractivity contribution is 0.0951. The number of halogens is 1. The van der Waals surface area contributed by atoms with Gasteiger partial charge in [0.15, 0.2) is 0 Å². The SMILES string of the molecule is CC.Cc1cc(C(=O)NC2CC2)ccc1Cl. The van der Waals surface area contributed by atoms with E-state index in [1.54, 1.807) is 12.1 Å². The van der Waals surface area contributed by atoms with E-state index in [1.165, 1.54) is 0 Å². The molecule has 0 spiro atoms. The van der Waals surface area contributed by atoms with E-state index in [0.29, 0.717) is 16.6 Å². The van der Waals surface area contributed by atoms with Gasteiger partial charge < -0.3 is 5.32 Å².